The van der Waals surface area contributed by atoms with Gasteiger partial charge in [-0.3, -0.25) is 4.79 Å². The van der Waals surface area contributed by atoms with Crippen molar-refractivity contribution in [1.82, 2.24) is 10.6 Å². The second-order valence-electron chi connectivity index (χ2n) is 5.51. The maximum atomic E-state index is 12.3. The van der Waals surface area contributed by atoms with Crippen LogP contribution in [0.5, 0.6) is 11.5 Å². The number of fused-ring (bicyclic) bond motifs is 1. The molecular formula is C16H23ClN2O3. The highest BCUT2D eigenvalue weighted by atomic mass is 35.5. The molecule has 0 radical (unpaired) electrons. The summed E-state index contributed by atoms with van der Waals surface area (Å²) in [6, 6.07) is 5.69. The standard InChI is InChI=1S/C16H22N2O3.ClH/c1-3-20-13-6-5-10(7-14(13)21-4-2)16(19)18-15-11-8-17-9-12(11)15;/h5-7,11-12,15,17H,3-4,8-9H2,1-2H3,(H,18,19);1H. The molecule has 1 aromatic carbocycles. The minimum Gasteiger partial charge on any atom is -0.490 e. The molecule has 3 rings (SSSR count). The quantitative estimate of drug-likeness (QED) is 0.837. The molecular weight excluding hydrogens is 304 g/mol. The van der Waals surface area contributed by atoms with E-state index in [9.17, 15) is 4.79 Å². The number of hydrogen-bond acceptors (Lipinski definition) is 4. The molecule has 6 heteroatoms. The lowest BCUT2D eigenvalue weighted by molar-refractivity contribution is 0.0946. The van der Waals surface area contributed by atoms with E-state index in [1.807, 2.05) is 13.8 Å². The van der Waals surface area contributed by atoms with Crippen LogP contribution in [0.3, 0.4) is 0 Å². The van der Waals surface area contributed by atoms with E-state index in [4.69, 9.17) is 9.47 Å². The van der Waals surface area contributed by atoms with Gasteiger partial charge in [0, 0.05) is 24.7 Å². The minimum absolute atomic E-state index is 0. The van der Waals surface area contributed by atoms with Gasteiger partial charge in [-0.15, -0.1) is 12.4 Å². The molecule has 1 saturated carbocycles. The lowest BCUT2D eigenvalue weighted by atomic mass is 10.2. The van der Waals surface area contributed by atoms with E-state index in [1.165, 1.54) is 0 Å². The molecule has 1 amide bonds. The van der Waals surface area contributed by atoms with Gasteiger partial charge in [-0.05, 0) is 43.9 Å². The molecule has 0 aromatic heterocycles. The van der Waals surface area contributed by atoms with E-state index in [0.29, 0.717) is 48.2 Å². The molecule has 2 unspecified atom stereocenters. The summed E-state index contributed by atoms with van der Waals surface area (Å²) in [4.78, 5) is 12.3. The Bertz CT molecular complexity index is 528. The predicted octanol–water partition coefficient (Wildman–Crippen LogP) is 1.85. The van der Waals surface area contributed by atoms with Gasteiger partial charge >= 0.3 is 0 Å². The van der Waals surface area contributed by atoms with Crippen LogP contribution in [0.1, 0.15) is 24.2 Å². The number of halogens is 1. The summed E-state index contributed by atoms with van der Waals surface area (Å²) in [5, 5.41) is 6.44. The minimum atomic E-state index is -0.0293. The number of rotatable bonds is 6. The third kappa shape index (κ3) is 3.31. The Kier molecular flexibility index (Phi) is 5.53. The van der Waals surface area contributed by atoms with Crippen LogP contribution in [-0.4, -0.2) is 38.3 Å². The Morgan fingerprint density at radius 3 is 2.45 bits per heavy atom. The lowest BCUT2D eigenvalue weighted by Gasteiger charge is -2.13. The zero-order valence-corrected chi connectivity index (χ0v) is 13.7. The molecule has 0 spiro atoms. The second-order valence-corrected chi connectivity index (χ2v) is 5.51. The van der Waals surface area contributed by atoms with Crippen LogP contribution >= 0.6 is 12.4 Å². The van der Waals surface area contributed by atoms with Gasteiger partial charge in [-0.1, -0.05) is 0 Å². The fraction of sp³-hybridized carbons (Fsp3) is 0.562. The monoisotopic (exact) mass is 326 g/mol. The van der Waals surface area contributed by atoms with Crippen LogP contribution in [0.2, 0.25) is 0 Å². The average Bonchev–Trinajstić information content (AvgIpc) is 2.92. The summed E-state index contributed by atoms with van der Waals surface area (Å²) in [6.07, 6.45) is 0. The van der Waals surface area contributed by atoms with E-state index in [0.717, 1.165) is 13.1 Å². The highest BCUT2D eigenvalue weighted by Gasteiger charge is 2.53. The van der Waals surface area contributed by atoms with Gasteiger partial charge in [0.2, 0.25) is 0 Å². The van der Waals surface area contributed by atoms with Crippen molar-refractivity contribution in [1.29, 1.82) is 0 Å². The zero-order valence-electron chi connectivity index (χ0n) is 12.9. The maximum Gasteiger partial charge on any atom is 0.251 e. The van der Waals surface area contributed by atoms with Gasteiger partial charge in [0.05, 0.1) is 13.2 Å². The van der Waals surface area contributed by atoms with Crippen LogP contribution in [0.25, 0.3) is 0 Å². The number of piperidine rings is 1. The summed E-state index contributed by atoms with van der Waals surface area (Å²) >= 11 is 0. The Morgan fingerprint density at radius 1 is 1.18 bits per heavy atom. The van der Waals surface area contributed by atoms with E-state index < -0.39 is 0 Å². The smallest absolute Gasteiger partial charge is 0.251 e. The molecule has 1 saturated heterocycles. The molecule has 1 aliphatic heterocycles. The van der Waals surface area contributed by atoms with Crippen LogP contribution in [0, 0.1) is 11.8 Å². The molecule has 1 aromatic rings. The molecule has 22 heavy (non-hydrogen) atoms. The SMILES string of the molecule is CCOc1ccc(C(=O)NC2C3CNCC32)cc1OCC.Cl. The third-order valence-electron chi connectivity index (χ3n) is 4.20. The molecule has 2 atom stereocenters. The molecule has 2 aliphatic rings. The number of nitrogens with one attached hydrogen (secondary N) is 2. The van der Waals surface area contributed by atoms with Crippen molar-refractivity contribution in [3.05, 3.63) is 23.8 Å². The Labute approximate surface area is 137 Å². The highest BCUT2D eigenvalue weighted by molar-refractivity contribution is 5.95. The van der Waals surface area contributed by atoms with E-state index in [2.05, 4.69) is 10.6 Å². The first-order valence-corrected chi connectivity index (χ1v) is 7.65. The van der Waals surface area contributed by atoms with Crippen LogP contribution in [-0.2, 0) is 0 Å². The zero-order chi connectivity index (χ0) is 14.8. The van der Waals surface area contributed by atoms with Gasteiger partial charge in [0.1, 0.15) is 0 Å². The van der Waals surface area contributed by atoms with Gasteiger partial charge in [0.15, 0.2) is 11.5 Å². The Morgan fingerprint density at radius 2 is 1.82 bits per heavy atom. The van der Waals surface area contributed by atoms with Crippen molar-refractivity contribution >= 4 is 18.3 Å². The van der Waals surface area contributed by atoms with Crippen molar-refractivity contribution in [2.45, 2.75) is 19.9 Å². The third-order valence-corrected chi connectivity index (χ3v) is 4.20. The molecule has 2 fully saturated rings. The fourth-order valence-electron chi connectivity index (χ4n) is 3.06. The van der Waals surface area contributed by atoms with Crippen LogP contribution in [0.4, 0.5) is 0 Å². The average molecular weight is 327 g/mol. The summed E-state index contributed by atoms with van der Waals surface area (Å²) in [6.45, 7) is 7.00. The van der Waals surface area contributed by atoms with Gasteiger partial charge in [-0.2, -0.15) is 0 Å². The molecule has 2 N–H and O–H groups in total. The summed E-state index contributed by atoms with van der Waals surface area (Å²) in [5.41, 5.74) is 0.625. The van der Waals surface area contributed by atoms with Gasteiger partial charge in [-0.25, -0.2) is 0 Å². The Hall–Kier alpha value is -1.46. The van der Waals surface area contributed by atoms with E-state index in [-0.39, 0.29) is 18.3 Å². The van der Waals surface area contributed by atoms with Crippen LogP contribution < -0.4 is 20.1 Å². The Balaban J connectivity index is 0.00000176. The van der Waals surface area contributed by atoms with E-state index in [1.54, 1.807) is 18.2 Å². The van der Waals surface area contributed by atoms with Crippen molar-refractivity contribution in [2.75, 3.05) is 26.3 Å². The summed E-state index contributed by atoms with van der Waals surface area (Å²) < 4.78 is 11.1. The predicted molar refractivity (Wildman–Crippen MR) is 87.1 cm³/mol. The number of hydrogen-bond donors (Lipinski definition) is 2. The number of ether oxygens (including phenoxy) is 2. The maximum absolute atomic E-state index is 12.3. The van der Waals surface area contributed by atoms with Crippen molar-refractivity contribution in [2.24, 2.45) is 11.8 Å². The molecule has 5 nitrogen and oxygen atoms in total. The van der Waals surface area contributed by atoms with Crippen molar-refractivity contribution in [3.8, 4) is 11.5 Å². The first-order chi connectivity index (χ1) is 10.2. The van der Waals surface area contributed by atoms with Gasteiger partial charge in [0.25, 0.3) is 5.91 Å². The molecule has 0 bridgehead atoms. The van der Waals surface area contributed by atoms with E-state index >= 15 is 0 Å². The molecule has 1 aliphatic carbocycles. The number of carbonyl (C=O) groups is 1. The number of benzene rings is 1. The van der Waals surface area contributed by atoms with Crippen molar-refractivity contribution in [3.63, 3.8) is 0 Å². The summed E-state index contributed by atoms with van der Waals surface area (Å²) in [7, 11) is 0. The largest absolute Gasteiger partial charge is 0.490 e. The topological polar surface area (TPSA) is 59.6 Å². The van der Waals surface area contributed by atoms with Crippen LogP contribution in [0.15, 0.2) is 18.2 Å². The number of amides is 1. The first kappa shape index (κ1) is 16.9. The fourth-order valence-corrected chi connectivity index (χ4v) is 3.06. The first-order valence-electron chi connectivity index (χ1n) is 7.65. The second kappa shape index (κ2) is 7.20. The lowest BCUT2D eigenvalue weighted by Crippen LogP contribution is -2.32. The van der Waals surface area contributed by atoms with Crippen molar-refractivity contribution < 1.29 is 14.3 Å². The van der Waals surface area contributed by atoms with Gasteiger partial charge < -0.3 is 20.1 Å². The number of carbonyl (C=O) groups excluding carboxylic acids is 1. The highest BCUT2D eigenvalue weighted by Crippen LogP contribution is 2.41. The molecule has 122 valence electrons. The summed E-state index contributed by atoms with van der Waals surface area (Å²) in [5.74, 6) is 2.51. The normalized spacial score (nSPS) is 24.9. The molecule has 1 heterocycles.